The molecule has 1 aromatic heterocycles. The first kappa shape index (κ1) is 21.7. The van der Waals surface area contributed by atoms with Crippen LogP contribution in [0.2, 0.25) is 0 Å². The van der Waals surface area contributed by atoms with Crippen LogP contribution in [0.15, 0.2) is 48.7 Å². The molecule has 3 rings (SSSR count). The van der Waals surface area contributed by atoms with E-state index in [2.05, 4.69) is 15.6 Å². The van der Waals surface area contributed by atoms with Crippen LogP contribution in [0.4, 0.5) is 0 Å². The molecule has 0 spiro atoms. The molecule has 2 heterocycles. The number of carbonyl (C=O) groups excluding carboxylic acids is 2. The maximum atomic E-state index is 12.2. The van der Waals surface area contributed by atoms with Gasteiger partial charge >= 0.3 is 0 Å². The Kier molecular flexibility index (Phi) is 7.34. The predicted molar refractivity (Wildman–Crippen MR) is 107 cm³/mol. The Morgan fingerprint density at radius 3 is 2.47 bits per heavy atom. The fraction of sp³-hybridized carbons (Fsp3) is 0.381. The van der Waals surface area contributed by atoms with Crippen molar-refractivity contribution in [1.29, 1.82) is 0 Å². The minimum atomic E-state index is -1.23. The van der Waals surface area contributed by atoms with Gasteiger partial charge in [0.25, 0.3) is 5.91 Å². The molecule has 0 bridgehead atoms. The van der Waals surface area contributed by atoms with E-state index in [0.717, 1.165) is 0 Å². The lowest BCUT2D eigenvalue weighted by atomic mass is 10.1. The van der Waals surface area contributed by atoms with E-state index in [1.807, 2.05) is 6.07 Å². The number of benzene rings is 1. The second kappa shape index (κ2) is 10.1. The van der Waals surface area contributed by atoms with Crippen LogP contribution in [0.5, 0.6) is 5.75 Å². The molecule has 4 N–H and O–H groups in total. The molecule has 9 nitrogen and oxygen atoms in total. The summed E-state index contributed by atoms with van der Waals surface area (Å²) in [6.07, 6.45) is -2.62. The number of aromatic nitrogens is 1. The third-order valence-electron chi connectivity index (χ3n) is 4.86. The zero-order valence-corrected chi connectivity index (χ0v) is 16.5. The number of hydrogen-bond acceptors (Lipinski definition) is 7. The van der Waals surface area contributed by atoms with E-state index in [9.17, 15) is 19.8 Å². The highest BCUT2D eigenvalue weighted by molar-refractivity contribution is 5.94. The average Bonchev–Trinajstić information content (AvgIpc) is 3.04. The van der Waals surface area contributed by atoms with E-state index >= 15 is 0 Å². The van der Waals surface area contributed by atoms with Gasteiger partial charge in [0.05, 0.1) is 31.9 Å². The maximum absolute atomic E-state index is 12.2. The van der Waals surface area contributed by atoms with E-state index in [-0.39, 0.29) is 31.3 Å². The van der Waals surface area contributed by atoms with Gasteiger partial charge in [-0.15, -0.1) is 0 Å². The summed E-state index contributed by atoms with van der Waals surface area (Å²) < 4.78 is 10.7. The number of aliphatic hydroxyl groups excluding tert-OH is 2. The Balaban J connectivity index is 1.46. The zero-order valence-electron chi connectivity index (χ0n) is 16.5. The van der Waals surface area contributed by atoms with E-state index < -0.39 is 24.4 Å². The van der Waals surface area contributed by atoms with Crippen LogP contribution < -0.4 is 15.4 Å². The number of amides is 2. The highest BCUT2D eigenvalue weighted by Gasteiger charge is 2.43. The summed E-state index contributed by atoms with van der Waals surface area (Å²) in [6.45, 7) is 0.252. The van der Waals surface area contributed by atoms with E-state index in [1.54, 1.807) is 42.6 Å². The van der Waals surface area contributed by atoms with Gasteiger partial charge in [0.1, 0.15) is 24.1 Å². The van der Waals surface area contributed by atoms with Crippen molar-refractivity contribution in [3.8, 4) is 5.75 Å². The lowest BCUT2D eigenvalue weighted by molar-refractivity contribution is -0.125. The van der Waals surface area contributed by atoms with Crippen molar-refractivity contribution in [2.45, 2.75) is 37.4 Å². The number of ether oxygens (including phenoxy) is 2. The smallest absolute Gasteiger partial charge is 0.251 e. The molecule has 1 saturated heterocycles. The molecule has 30 heavy (non-hydrogen) atoms. The van der Waals surface area contributed by atoms with Crippen molar-refractivity contribution in [2.24, 2.45) is 0 Å². The van der Waals surface area contributed by atoms with Gasteiger partial charge in [0.2, 0.25) is 5.91 Å². The molecule has 160 valence electrons. The first-order valence-corrected chi connectivity index (χ1v) is 9.58. The highest BCUT2D eigenvalue weighted by atomic mass is 16.5. The van der Waals surface area contributed by atoms with Crippen molar-refractivity contribution in [3.63, 3.8) is 0 Å². The van der Waals surface area contributed by atoms with Gasteiger partial charge in [-0.25, -0.2) is 0 Å². The summed E-state index contributed by atoms with van der Waals surface area (Å²) in [6, 6.07) is 11.9. The average molecular weight is 415 g/mol. The number of aliphatic hydroxyl groups is 2. The Hall–Kier alpha value is -3.01. The Morgan fingerprint density at radius 1 is 1.07 bits per heavy atom. The first-order valence-electron chi connectivity index (χ1n) is 9.58. The summed E-state index contributed by atoms with van der Waals surface area (Å²) in [5.74, 6) is -0.0484. The number of methoxy groups -OCH3 is 1. The Morgan fingerprint density at radius 2 is 1.80 bits per heavy atom. The Labute approximate surface area is 174 Å². The van der Waals surface area contributed by atoms with Gasteiger partial charge in [0, 0.05) is 18.3 Å². The van der Waals surface area contributed by atoms with Crippen molar-refractivity contribution < 1.29 is 29.3 Å². The normalized spacial score (nSPS) is 23.0. The SMILES string of the molecule is COc1ccc(C(=O)NC[C@H]2O[C@@H](CC(=O)NCc3ccccn3)C(O)[C@@H]2O)cc1. The number of nitrogens with zero attached hydrogens (tertiary/aromatic N) is 1. The van der Waals surface area contributed by atoms with Crippen molar-refractivity contribution in [2.75, 3.05) is 13.7 Å². The minimum absolute atomic E-state index is 0.00482. The summed E-state index contributed by atoms with van der Waals surface area (Å²) in [5, 5.41) is 25.8. The van der Waals surface area contributed by atoms with Crippen LogP contribution >= 0.6 is 0 Å². The zero-order chi connectivity index (χ0) is 21.5. The Bertz CT molecular complexity index is 846. The molecule has 2 amide bonds. The number of pyridine rings is 1. The molecule has 1 aliphatic rings. The van der Waals surface area contributed by atoms with Crippen LogP contribution in [0.1, 0.15) is 22.5 Å². The molecule has 2 aromatic rings. The van der Waals surface area contributed by atoms with Crippen LogP contribution in [0.3, 0.4) is 0 Å². The van der Waals surface area contributed by atoms with Gasteiger partial charge < -0.3 is 30.3 Å². The standard InChI is InChI=1S/C21H25N3O6/c1-29-15-7-5-13(6-8-15)21(28)24-12-17-20(27)19(26)16(30-17)10-18(25)23-11-14-4-2-3-9-22-14/h2-9,16-17,19-20,26-27H,10-12H2,1H3,(H,23,25)(H,24,28)/t16-,17+,19?,20+/m0/s1. The predicted octanol–water partition coefficient (Wildman–Crippen LogP) is 0.0157. The van der Waals surface area contributed by atoms with Crippen molar-refractivity contribution in [1.82, 2.24) is 15.6 Å². The van der Waals surface area contributed by atoms with Crippen LogP contribution in [0.25, 0.3) is 0 Å². The summed E-state index contributed by atoms with van der Waals surface area (Å²) in [5.41, 5.74) is 1.13. The second-order valence-corrected chi connectivity index (χ2v) is 6.93. The molecule has 9 heteroatoms. The van der Waals surface area contributed by atoms with Gasteiger partial charge in [0.15, 0.2) is 0 Å². The van der Waals surface area contributed by atoms with Crippen LogP contribution in [-0.2, 0) is 16.1 Å². The van der Waals surface area contributed by atoms with E-state index in [0.29, 0.717) is 17.0 Å². The molecule has 1 aliphatic heterocycles. The van der Waals surface area contributed by atoms with Gasteiger partial charge in [-0.1, -0.05) is 6.07 Å². The lowest BCUT2D eigenvalue weighted by Gasteiger charge is -2.15. The second-order valence-electron chi connectivity index (χ2n) is 6.93. The first-order chi connectivity index (χ1) is 14.5. The summed E-state index contributed by atoms with van der Waals surface area (Å²) in [7, 11) is 1.54. The van der Waals surface area contributed by atoms with Gasteiger partial charge in [-0.2, -0.15) is 0 Å². The molecule has 0 radical (unpaired) electrons. The van der Waals surface area contributed by atoms with Crippen molar-refractivity contribution >= 4 is 11.8 Å². The highest BCUT2D eigenvalue weighted by Crippen LogP contribution is 2.23. The number of nitrogens with one attached hydrogen (secondary N) is 2. The third-order valence-corrected chi connectivity index (χ3v) is 4.86. The lowest BCUT2D eigenvalue weighted by Crippen LogP contribution is -2.40. The fourth-order valence-corrected chi connectivity index (χ4v) is 3.15. The summed E-state index contributed by atoms with van der Waals surface area (Å²) >= 11 is 0. The van der Waals surface area contributed by atoms with Gasteiger partial charge in [-0.3, -0.25) is 14.6 Å². The molecule has 1 unspecified atom stereocenters. The minimum Gasteiger partial charge on any atom is -0.497 e. The van der Waals surface area contributed by atoms with Crippen LogP contribution in [-0.4, -0.2) is 65.1 Å². The van der Waals surface area contributed by atoms with Crippen molar-refractivity contribution in [3.05, 3.63) is 59.9 Å². The number of carbonyl (C=O) groups is 2. The molecule has 1 aromatic carbocycles. The number of hydrogen-bond donors (Lipinski definition) is 4. The third kappa shape index (κ3) is 5.53. The largest absolute Gasteiger partial charge is 0.497 e. The van der Waals surface area contributed by atoms with Gasteiger partial charge in [-0.05, 0) is 36.4 Å². The molecular weight excluding hydrogens is 390 g/mol. The molecular formula is C21H25N3O6. The topological polar surface area (TPSA) is 130 Å². The molecule has 0 aliphatic carbocycles. The molecule has 1 fully saturated rings. The number of rotatable bonds is 8. The van der Waals surface area contributed by atoms with Crippen LogP contribution in [0, 0.1) is 0 Å². The molecule has 0 saturated carbocycles. The maximum Gasteiger partial charge on any atom is 0.251 e. The molecule has 4 atom stereocenters. The fourth-order valence-electron chi connectivity index (χ4n) is 3.15. The monoisotopic (exact) mass is 415 g/mol. The van der Waals surface area contributed by atoms with E-state index in [4.69, 9.17) is 9.47 Å². The quantitative estimate of drug-likeness (QED) is 0.478. The van der Waals surface area contributed by atoms with E-state index in [1.165, 1.54) is 7.11 Å². The summed E-state index contributed by atoms with van der Waals surface area (Å²) in [4.78, 5) is 28.5.